The van der Waals surface area contributed by atoms with E-state index in [1.54, 1.807) is 55.5 Å². The van der Waals surface area contributed by atoms with Gasteiger partial charge in [0.15, 0.2) is 11.6 Å². The van der Waals surface area contributed by atoms with Gasteiger partial charge in [-0.15, -0.1) is 11.8 Å². The lowest BCUT2D eigenvalue weighted by molar-refractivity contribution is -0.163. The number of carbonyl (C=O) groups is 4. The van der Waals surface area contributed by atoms with Crippen molar-refractivity contribution >= 4 is 35.1 Å². The molecule has 0 radical (unpaired) electrons. The maximum Gasteiger partial charge on any atom is 0.320 e. The van der Waals surface area contributed by atoms with Crippen molar-refractivity contribution in [2.75, 3.05) is 6.61 Å². The molecular weight excluding hydrogens is 544 g/mol. The van der Waals surface area contributed by atoms with Crippen LogP contribution in [-0.2, 0) is 14.3 Å². The normalized spacial score (nSPS) is 23.5. The SMILES string of the molecule is CCOC(=O)C1(C(C)=O)[C@H](c2ccccc2)[C@@H](C(=O)c2ccccc2)S[C@@H](C(=O)c2ccccc2)[C@@H]1c1ccccc1. The van der Waals surface area contributed by atoms with Crippen molar-refractivity contribution in [2.24, 2.45) is 5.41 Å². The molecule has 0 N–H and O–H groups in total. The van der Waals surface area contributed by atoms with Crippen molar-refractivity contribution in [3.8, 4) is 0 Å². The highest BCUT2D eigenvalue weighted by atomic mass is 32.2. The fraction of sp³-hybridized carbons (Fsp3) is 0.222. The number of Topliss-reactive ketones (excluding diaryl/α,β-unsaturated/α-hetero) is 3. The molecule has 6 heteroatoms. The summed E-state index contributed by atoms with van der Waals surface area (Å²) >= 11 is 1.24. The molecule has 1 aliphatic heterocycles. The number of ether oxygens (including phenoxy) is 1. The summed E-state index contributed by atoms with van der Waals surface area (Å²) in [6, 6.07) is 36.1. The molecule has 4 aromatic rings. The van der Waals surface area contributed by atoms with Crippen molar-refractivity contribution in [2.45, 2.75) is 36.2 Å². The van der Waals surface area contributed by atoms with Crippen molar-refractivity contribution < 1.29 is 23.9 Å². The van der Waals surface area contributed by atoms with E-state index in [0.29, 0.717) is 22.3 Å². The van der Waals surface area contributed by atoms with Crippen LogP contribution in [0, 0.1) is 5.41 Å². The van der Waals surface area contributed by atoms with Gasteiger partial charge >= 0.3 is 5.97 Å². The van der Waals surface area contributed by atoms with E-state index in [2.05, 4.69) is 0 Å². The van der Waals surface area contributed by atoms with E-state index < -0.39 is 39.5 Å². The summed E-state index contributed by atoms with van der Waals surface area (Å²) in [7, 11) is 0. The van der Waals surface area contributed by atoms with Crippen LogP contribution in [0.4, 0.5) is 0 Å². The van der Waals surface area contributed by atoms with Gasteiger partial charge in [0.2, 0.25) is 0 Å². The maximum absolute atomic E-state index is 14.5. The van der Waals surface area contributed by atoms with Crippen molar-refractivity contribution in [3.05, 3.63) is 144 Å². The van der Waals surface area contributed by atoms with E-state index >= 15 is 0 Å². The van der Waals surface area contributed by atoms with Gasteiger partial charge < -0.3 is 4.74 Å². The summed E-state index contributed by atoms with van der Waals surface area (Å²) in [5, 5.41) is -1.86. The molecule has 42 heavy (non-hydrogen) atoms. The molecular formula is C36H32O5S. The Kier molecular flexibility index (Phi) is 8.83. The molecule has 212 valence electrons. The molecule has 5 atom stereocenters. The lowest BCUT2D eigenvalue weighted by Gasteiger charge is -2.52. The van der Waals surface area contributed by atoms with Crippen LogP contribution in [0.1, 0.15) is 57.5 Å². The van der Waals surface area contributed by atoms with E-state index in [0.717, 1.165) is 0 Å². The van der Waals surface area contributed by atoms with Gasteiger partial charge in [0, 0.05) is 23.0 Å². The largest absolute Gasteiger partial charge is 0.465 e. The Morgan fingerprint density at radius 2 is 0.976 bits per heavy atom. The topological polar surface area (TPSA) is 77.5 Å². The molecule has 1 heterocycles. The van der Waals surface area contributed by atoms with Gasteiger partial charge in [0.05, 0.1) is 17.1 Å². The Hall–Kier alpha value is -4.29. The standard InChI is InChI=1S/C36H32O5S/c1-3-41-35(40)36(24(2)37)29(25-16-8-4-9-17-25)33(31(38)27-20-12-6-13-21-27)42-34(30(36)26-18-10-5-11-19-26)32(39)28-22-14-7-15-23-28/h4-23,29-30,33-34H,3H2,1-2H3/t29-,30+,33+,34-,36?. The molecule has 0 aromatic heterocycles. The molecule has 1 saturated heterocycles. The van der Waals surface area contributed by atoms with Gasteiger partial charge in [-0.2, -0.15) is 0 Å². The fourth-order valence-corrected chi connectivity index (χ4v) is 8.12. The Bertz CT molecular complexity index is 1450. The minimum absolute atomic E-state index is 0.0403. The Labute approximate surface area is 250 Å². The average molecular weight is 577 g/mol. The van der Waals surface area contributed by atoms with Gasteiger partial charge in [0.25, 0.3) is 0 Å². The summed E-state index contributed by atoms with van der Waals surface area (Å²) in [4.78, 5) is 57.6. The molecule has 0 amide bonds. The first-order valence-corrected chi connectivity index (χ1v) is 15.0. The first kappa shape index (κ1) is 29.2. The molecule has 5 rings (SSSR count). The van der Waals surface area contributed by atoms with Gasteiger partial charge in [-0.3, -0.25) is 19.2 Å². The first-order valence-electron chi connectivity index (χ1n) is 14.0. The third-order valence-corrected chi connectivity index (χ3v) is 9.59. The molecule has 4 aromatic carbocycles. The molecule has 1 aliphatic rings. The summed E-state index contributed by atoms with van der Waals surface area (Å²) in [6.45, 7) is 3.11. The molecule has 0 saturated carbocycles. The van der Waals surface area contributed by atoms with E-state index in [-0.39, 0.29) is 18.2 Å². The highest BCUT2D eigenvalue weighted by Crippen LogP contribution is 2.61. The van der Waals surface area contributed by atoms with Gasteiger partial charge in [-0.05, 0) is 25.0 Å². The number of rotatable bonds is 9. The van der Waals surface area contributed by atoms with Crippen LogP contribution in [0.25, 0.3) is 0 Å². The van der Waals surface area contributed by atoms with Crippen molar-refractivity contribution in [1.82, 2.24) is 0 Å². The second-order valence-corrected chi connectivity index (χ2v) is 11.6. The highest BCUT2D eigenvalue weighted by molar-refractivity contribution is 8.02. The van der Waals surface area contributed by atoms with E-state index in [1.165, 1.54) is 18.7 Å². The van der Waals surface area contributed by atoms with E-state index in [4.69, 9.17) is 4.74 Å². The highest BCUT2D eigenvalue weighted by Gasteiger charge is 2.67. The van der Waals surface area contributed by atoms with Crippen LogP contribution in [0.2, 0.25) is 0 Å². The fourth-order valence-electron chi connectivity index (χ4n) is 6.23. The summed E-state index contributed by atoms with van der Waals surface area (Å²) in [5.74, 6) is -3.47. The second kappa shape index (κ2) is 12.7. The number of benzene rings is 4. The van der Waals surface area contributed by atoms with Crippen molar-refractivity contribution in [3.63, 3.8) is 0 Å². The van der Waals surface area contributed by atoms with E-state index in [9.17, 15) is 19.2 Å². The average Bonchev–Trinajstić information content (AvgIpc) is 3.04. The maximum atomic E-state index is 14.5. The number of hydrogen-bond donors (Lipinski definition) is 0. The third kappa shape index (κ3) is 5.23. The smallest absolute Gasteiger partial charge is 0.320 e. The zero-order valence-corrected chi connectivity index (χ0v) is 24.3. The lowest BCUT2D eigenvalue weighted by atomic mass is 9.56. The quantitative estimate of drug-likeness (QED) is 0.122. The summed E-state index contributed by atoms with van der Waals surface area (Å²) in [6.07, 6.45) is 0. The minimum Gasteiger partial charge on any atom is -0.465 e. The second-order valence-electron chi connectivity index (χ2n) is 10.4. The van der Waals surface area contributed by atoms with Crippen molar-refractivity contribution in [1.29, 1.82) is 0 Å². The van der Waals surface area contributed by atoms with Gasteiger partial charge in [-0.1, -0.05) is 121 Å². The first-order chi connectivity index (χ1) is 20.4. The number of ketones is 3. The number of carbonyl (C=O) groups excluding carboxylic acids is 4. The molecule has 5 nitrogen and oxygen atoms in total. The van der Waals surface area contributed by atoms with E-state index in [1.807, 2.05) is 72.8 Å². The van der Waals surface area contributed by atoms with Crippen LogP contribution in [0.5, 0.6) is 0 Å². The molecule has 0 bridgehead atoms. The monoisotopic (exact) mass is 576 g/mol. The summed E-state index contributed by atoms with van der Waals surface area (Å²) in [5.41, 5.74) is 0.347. The zero-order valence-electron chi connectivity index (χ0n) is 23.5. The van der Waals surface area contributed by atoms with Gasteiger partial charge in [-0.25, -0.2) is 0 Å². The number of hydrogen-bond acceptors (Lipinski definition) is 6. The molecule has 0 spiro atoms. The van der Waals surface area contributed by atoms with Gasteiger partial charge in [0.1, 0.15) is 11.2 Å². The molecule has 1 fully saturated rings. The predicted octanol–water partition coefficient (Wildman–Crippen LogP) is 6.94. The Morgan fingerprint density at radius 3 is 1.31 bits per heavy atom. The van der Waals surface area contributed by atoms with Crippen LogP contribution >= 0.6 is 11.8 Å². The number of esters is 1. The molecule has 1 unspecified atom stereocenters. The molecule has 0 aliphatic carbocycles. The van der Waals surface area contributed by atoms with Crippen LogP contribution in [0.15, 0.2) is 121 Å². The van der Waals surface area contributed by atoms with Crippen LogP contribution < -0.4 is 0 Å². The lowest BCUT2D eigenvalue weighted by Crippen LogP contribution is -2.60. The summed E-state index contributed by atoms with van der Waals surface area (Å²) < 4.78 is 5.73. The van der Waals surface area contributed by atoms with Crippen LogP contribution in [-0.4, -0.2) is 40.4 Å². The third-order valence-electron chi connectivity index (χ3n) is 8.03. The Morgan fingerprint density at radius 1 is 0.619 bits per heavy atom. The zero-order chi connectivity index (χ0) is 29.7. The Balaban J connectivity index is 1.85. The number of thioether (sulfide) groups is 1. The predicted molar refractivity (Wildman–Crippen MR) is 165 cm³/mol. The minimum atomic E-state index is -1.87. The van der Waals surface area contributed by atoms with Crippen LogP contribution in [0.3, 0.4) is 0 Å².